The Morgan fingerprint density at radius 2 is 1.58 bits per heavy atom. The third kappa shape index (κ3) is 7.57. The summed E-state index contributed by atoms with van der Waals surface area (Å²) in [4.78, 5) is 86.2. The van der Waals surface area contributed by atoms with Gasteiger partial charge in [-0.1, -0.05) is 62.4 Å². The summed E-state index contributed by atoms with van der Waals surface area (Å²) >= 11 is 0. The lowest BCUT2D eigenvalue weighted by Gasteiger charge is -2.67. The first-order chi connectivity index (χ1) is 31.3. The van der Waals surface area contributed by atoms with Crippen LogP contribution in [0.5, 0.6) is 5.75 Å². The van der Waals surface area contributed by atoms with Crippen LogP contribution in [0.3, 0.4) is 0 Å². The standard InChI is InChI=1S/C50H55NO15/c1-26-33-24-50(60)43(65-45(58)30-18-12-19-31(22-30)61-6)41-48(5,42(56)40(63-27(2)52)37(26)47(50,3)4)34(53)23-35-49(41,25-62-35)66-36(54)21-13-17-28-14-10-11-20-32(28)38(39(55)46(59)64-33)51-44(57)29-15-8-7-9-16-29/h7-12,14-16,18-20,22,33-35,38-41,43,53,55,60H,13,17,21,23-25H2,1-6H3,(H,51,57). The number of nitrogens with one attached hydrogen (secondary N) is 1. The Bertz CT molecular complexity index is 2480. The summed E-state index contributed by atoms with van der Waals surface area (Å²) in [7, 11) is 1.41. The number of methoxy groups -OCH3 is 1. The van der Waals surface area contributed by atoms with Crippen LogP contribution in [-0.4, -0.2) is 112 Å². The fourth-order valence-electron chi connectivity index (χ4n) is 11.2. The number of aryl methyl sites for hydroxylation is 1. The number of amides is 1. The number of ether oxygens (including phenoxy) is 6. The van der Waals surface area contributed by atoms with E-state index >= 15 is 4.79 Å². The number of carbonyl (C=O) groups excluding carboxylic acids is 6. The number of benzene rings is 3. The molecule has 2 saturated carbocycles. The van der Waals surface area contributed by atoms with Crippen LogP contribution in [0.15, 0.2) is 90.0 Å². The second kappa shape index (κ2) is 17.4. The third-order valence-electron chi connectivity index (χ3n) is 14.8. The first kappa shape index (κ1) is 46.6. The van der Waals surface area contributed by atoms with Gasteiger partial charge in [-0.2, -0.15) is 0 Å². The molecule has 3 fully saturated rings. The van der Waals surface area contributed by atoms with Gasteiger partial charge in [-0.15, -0.1) is 0 Å². The zero-order valence-corrected chi connectivity index (χ0v) is 37.6. The second-order valence-electron chi connectivity index (χ2n) is 18.7. The maximum atomic E-state index is 15.7. The predicted molar refractivity (Wildman–Crippen MR) is 232 cm³/mol. The molecule has 16 heteroatoms. The van der Waals surface area contributed by atoms with E-state index < -0.39 is 113 Å². The molecule has 8 rings (SSSR count). The van der Waals surface area contributed by atoms with Crippen LogP contribution >= 0.6 is 0 Å². The van der Waals surface area contributed by atoms with Crippen molar-refractivity contribution in [1.29, 1.82) is 0 Å². The van der Waals surface area contributed by atoms with E-state index in [1.165, 1.54) is 33.1 Å². The summed E-state index contributed by atoms with van der Waals surface area (Å²) in [6, 6.07) is 19.6. The van der Waals surface area contributed by atoms with Gasteiger partial charge in [0.15, 0.2) is 23.6 Å². The monoisotopic (exact) mass is 909 g/mol. The lowest BCUT2D eigenvalue weighted by molar-refractivity contribution is -0.346. The molecule has 3 aliphatic carbocycles. The maximum absolute atomic E-state index is 15.7. The van der Waals surface area contributed by atoms with Crippen molar-refractivity contribution in [1.82, 2.24) is 5.32 Å². The molecular formula is C50H55NO15. The molecule has 0 radical (unpaired) electrons. The molecule has 3 aromatic rings. The Kier molecular flexibility index (Phi) is 12.3. The summed E-state index contributed by atoms with van der Waals surface area (Å²) < 4.78 is 36.5. The molecule has 4 N–H and O–H groups in total. The molecule has 1 spiro atoms. The van der Waals surface area contributed by atoms with Crippen LogP contribution in [0.1, 0.15) is 98.2 Å². The third-order valence-corrected chi connectivity index (χ3v) is 14.8. The topological polar surface area (TPSA) is 231 Å². The quantitative estimate of drug-likeness (QED) is 0.155. The Morgan fingerprint density at radius 3 is 2.26 bits per heavy atom. The number of rotatable bonds is 6. The van der Waals surface area contributed by atoms with E-state index in [9.17, 15) is 39.3 Å². The average molecular weight is 910 g/mol. The highest BCUT2D eigenvalue weighted by atomic mass is 16.6. The van der Waals surface area contributed by atoms with Crippen LogP contribution in [0.2, 0.25) is 0 Å². The van der Waals surface area contributed by atoms with Crippen LogP contribution in [0, 0.1) is 16.7 Å². The number of hydrogen-bond donors (Lipinski definition) is 4. The number of Topliss-reactive ketones (excluding diaryl/α,β-unsaturated/α-hetero) is 1. The van der Waals surface area contributed by atoms with Crippen molar-refractivity contribution in [2.75, 3.05) is 13.7 Å². The van der Waals surface area contributed by atoms with Crippen molar-refractivity contribution in [3.8, 4) is 5.75 Å². The van der Waals surface area contributed by atoms with Gasteiger partial charge in [-0.05, 0) is 79.3 Å². The molecule has 4 bridgehead atoms. The van der Waals surface area contributed by atoms with E-state index in [1.807, 2.05) is 0 Å². The number of aliphatic hydroxyl groups excluding tert-OH is 2. The minimum Gasteiger partial charge on any atom is -0.497 e. The van der Waals surface area contributed by atoms with Crippen LogP contribution in [0.25, 0.3) is 0 Å². The molecule has 0 aromatic heterocycles. The van der Waals surface area contributed by atoms with Crippen LogP contribution in [-0.2, 0) is 49.3 Å². The van der Waals surface area contributed by atoms with Gasteiger partial charge >= 0.3 is 23.9 Å². The predicted octanol–water partition coefficient (Wildman–Crippen LogP) is 4.06. The first-order valence-corrected chi connectivity index (χ1v) is 22.1. The van der Waals surface area contributed by atoms with E-state index in [4.69, 9.17) is 28.4 Å². The molecular weight excluding hydrogens is 855 g/mol. The molecule has 3 aromatic carbocycles. The minimum absolute atomic E-state index is 0.00624. The molecule has 5 aliphatic rings. The summed E-state index contributed by atoms with van der Waals surface area (Å²) in [5, 5.41) is 41.0. The minimum atomic E-state index is -2.42. The van der Waals surface area contributed by atoms with E-state index in [0.29, 0.717) is 16.9 Å². The maximum Gasteiger partial charge on any atom is 0.338 e. The molecule has 1 amide bonds. The zero-order chi connectivity index (χ0) is 47.5. The van der Waals surface area contributed by atoms with Crippen molar-refractivity contribution in [3.63, 3.8) is 0 Å². The van der Waals surface area contributed by atoms with Gasteiger partial charge in [0.25, 0.3) is 5.91 Å². The molecule has 2 heterocycles. The van der Waals surface area contributed by atoms with E-state index in [2.05, 4.69) is 5.32 Å². The molecule has 11 atom stereocenters. The average Bonchev–Trinajstić information content (AvgIpc) is 3.29. The molecule has 66 heavy (non-hydrogen) atoms. The summed E-state index contributed by atoms with van der Waals surface area (Å²) in [5.41, 5.74) is -6.66. The van der Waals surface area contributed by atoms with Crippen LogP contribution < -0.4 is 10.1 Å². The summed E-state index contributed by atoms with van der Waals surface area (Å²) in [6.45, 7) is 6.85. The SMILES string of the molecule is COc1cccc(C(=O)OC2C3C45COC4CC(O)C3(C)C(=O)C(OC(C)=O)C3=C(C)C(CC2(O)C3(C)C)OC(=O)C(O)C(NC(=O)c2ccccc2)c2ccccc2CCCC(=O)O5)c1. The Balaban J connectivity index is 1.36. The Labute approximate surface area is 381 Å². The molecule has 16 nitrogen and oxygen atoms in total. The van der Waals surface area contributed by atoms with Gasteiger partial charge < -0.3 is 49.1 Å². The highest BCUT2D eigenvalue weighted by Crippen LogP contribution is 2.64. The van der Waals surface area contributed by atoms with Gasteiger partial charge in [0.05, 0.1) is 42.8 Å². The van der Waals surface area contributed by atoms with Crippen molar-refractivity contribution < 1.29 is 72.5 Å². The number of ketones is 1. The zero-order valence-electron chi connectivity index (χ0n) is 37.6. The smallest absolute Gasteiger partial charge is 0.338 e. The fraction of sp³-hybridized carbons (Fsp3) is 0.480. The van der Waals surface area contributed by atoms with E-state index in [0.717, 1.165) is 6.92 Å². The normalized spacial score (nSPS) is 33.9. The molecule has 11 unspecified atom stereocenters. The van der Waals surface area contributed by atoms with Gasteiger partial charge in [0.2, 0.25) is 0 Å². The number of hydrogen-bond acceptors (Lipinski definition) is 15. The number of carbonyl (C=O) groups is 6. The fourth-order valence-corrected chi connectivity index (χ4v) is 11.2. The number of aliphatic hydroxyl groups is 3. The summed E-state index contributed by atoms with van der Waals surface area (Å²) in [5.74, 6) is -6.58. The second-order valence-corrected chi connectivity index (χ2v) is 18.7. The van der Waals surface area contributed by atoms with Crippen LogP contribution in [0.4, 0.5) is 0 Å². The first-order valence-electron chi connectivity index (χ1n) is 22.1. The lowest BCUT2D eigenvalue weighted by Crippen LogP contribution is -2.82. The van der Waals surface area contributed by atoms with Gasteiger partial charge in [0, 0.05) is 37.2 Å². The van der Waals surface area contributed by atoms with E-state index in [1.54, 1.807) is 80.6 Å². The van der Waals surface area contributed by atoms with Crippen molar-refractivity contribution in [2.24, 2.45) is 16.7 Å². The van der Waals surface area contributed by atoms with Crippen molar-refractivity contribution in [3.05, 3.63) is 112 Å². The Morgan fingerprint density at radius 1 is 0.879 bits per heavy atom. The van der Waals surface area contributed by atoms with Gasteiger partial charge in [-0.3, -0.25) is 19.2 Å². The summed E-state index contributed by atoms with van der Waals surface area (Å²) in [6.07, 6.45) is -10.5. The van der Waals surface area contributed by atoms with Crippen molar-refractivity contribution >= 4 is 35.6 Å². The Hall–Kier alpha value is -5.94. The molecule has 1 saturated heterocycles. The van der Waals surface area contributed by atoms with E-state index in [-0.39, 0.29) is 54.6 Å². The van der Waals surface area contributed by atoms with Crippen molar-refractivity contribution in [2.45, 2.75) is 121 Å². The lowest BCUT2D eigenvalue weighted by atomic mass is 9.44. The highest BCUT2D eigenvalue weighted by molar-refractivity contribution is 5.96. The van der Waals surface area contributed by atoms with Gasteiger partial charge in [0.1, 0.15) is 29.7 Å². The molecule has 350 valence electrons. The largest absolute Gasteiger partial charge is 0.497 e. The highest BCUT2D eigenvalue weighted by Gasteiger charge is 2.78. The molecule has 2 aliphatic heterocycles. The van der Waals surface area contributed by atoms with Gasteiger partial charge in [-0.25, -0.2) is 9.59 Å². The number of esters is 4. The number of fused-ring (bicyclic) bond motifs is 3.